The van der Waals surface area contributed by atoms with E-state index in [1.807, 2.05) is 6.07 Å². The summed E-state index contributed by atoms with van der Waals surface area (Å²) in [4.78, 5) is 6.26. The Labute approximate surface area is 102 Å². The van der Waals surface area contributed by atoms with E-state index < -0.39 is 0 Å². The van der Waals surface area contributed by atoms with Gasteiger partial charge in [-0.05, 0) is 32.5 Å². The number of likely N-dealkylation sites (N-methyl/N-ethyl adjacent to an activating group) is 1. The smallest absolute Gasteiger partial charge is 0.144 e. The summed E-state index contributed by atoms with van der Waals surface area (Å²) in [6.07, 6.45) is 5.35. The van der Waals surface area contributed by atoms with Gasteiger partial charge in [0.25, 0.3) is 0 Å². The summed E-state index contributed by atoms with van der Waals surface area (Å²) < 4.78 is 5.73. The molecule has 1 aliphatic rings. The van der Waals surface area contributed by atoms with Crippen molar-refractivity contribution >= 4 is 0 Å². The van der Waals surface area contributed by atoms with Crippen LogP contribution in [0.4, 0.5) is 0 Å². The van der Waals surface area contributed by atoms with E-state index in [4.69, 9.17) is 10.00 Å². The van der Waals surface area contributed by atoms with E-state index in [-0.39, 0.29) is 0 Å². The molecule has 4 nitrogen and oxygen atoms in total. The van der Waals surface area contributed by atoms with Crippen LogP contribution in [0, 0.1) is 11.3 Å². The van der Waals surface area contributed by atoms with E-state index in [0.717, 1.165) is 12.3 Å². The second-order valence-corrected chi connectivity index (χ2v) is 4.43. The van der Waals surface area contributed by atoms with E-state index in [0.29, 0.717) is 18.3 Å². The highest BCUT2D eigenvalue weighted by Crippen LogP contribution is 2.17. The van der Waals surface area contributed by atoms with Crippen molar-refractivity contribution in [3.63, 3.8) is 0 Å². The quantitative estimate of drug-likeness (QED) is 0.796. The minimum atomic E-state index is 0.402. The van der Waals surface area contributed by atoms with Crippen molar-refractivity contribution in [2.45, 2.75) is 25.3 Å². The van der Waals surface area contributed by atoms with Crippen LogP contribution in [0.3, 0.4) is 0 Å². The zero-order chi connectivity index (χ0) is 12.1. The van der Waals surface area contributed by atoms with Gasteiger partial charge in [0, 0.05) is 18.3 Å². The van der Waals surface area contributed by atoms with Crippen molar-refractivity contribution < 1.29 is 4.74 Å². The van der Waals surface area contributed by atoms with Crippen molar-refractivity contribution in [2.75, 3.05) is 20.2 Å². The number of hydrogen-bond donors (Lipinski definition) is 0. The lowest BCUT2D eigenvalue weighted by Crippen LogP contribution is -2.40. The van der Waals surface area contributed by atoms with Gasteiger partial charge in [-0.1, -0.05) is 6.42 Å². The number of hydrogen-bond acceptors (Lipinski definition) is 4. The number of piperidine rings is 1. The summed E-state index contributed by atoms with van der Waals surface area (Å²) >= 11 is 0. The first-order valence-electron chi connectivity index (χ1n) is 5.99. The Morgan fingerprint density at radius 1 is 1.59 bits per heavy atom. The molecule has 0 aliphatic carbocycles. The van der Waals surface area contributed by atoms with Crippen LogP contribution < -0.4 is 4.74 Å². The topological polar surface area (TPSA) is 49.1 Å². The molecule has 17 heavy (non-hydrogen) atoms. The first-order chi connectivity index (χ1) is 8.29. The lowest BCUT2D eigenvalue weighted by Gasteiger charge is -2.32. The molecule has 2 heterocycles. The monoisotopic (exact) mass is 231 g/mol. The number of rotatable bonds is 3. The van der Waals surface area contributed by atoms with Gasteiger partial charge in [-0.3, -0.25) is 0 Å². The molecule has 0 saturated carbocycles. The number of aromatic nitrogens is 1. The molecule has 0 bridgehead atoms. The highest BCUT2D eigenvalue weighted by Gasteiger charge is 2.19. The van der Waals surface area contributed by atoms with Crippen molar-refractivity contribution in [1.29, 1.82) is 5.26 Å². The Hall–Kier alpha value is -1.60. The van der Waals surface area contributed by atoms with Crippen LogP contribution in [0.2, 0.25) is 0 Å². The summed E-state index contributed by atoms with van der Waals surface area (Å²) in [6, 6.07) is 5.98. The van der Waals surface area contributed by atoms with Gasteiger partial charge >= 0.3 is 0 Å². The van der Waals surface area contributed by atoms with Crippen LogP contribution >= 0.6 is 0 Å². The van der Waals surface area contributed by atoms with Gasteiger partial charge in [-0.15, -0.1) is 0 Å². The zero-order valence-corrected chi connectivity index (χ0v) is 10.1. The van der Waals surface area contributed by atoms with Crippen molar-refractivity contribution in [2.24, 2.45) is 0 Å². The van der Waals surface area contributed by atoms with E-state index >= 15 is 0 Å². The van der Waals surface area contributed by atoms with Gasteiger partial charge in [0.2, 0.25) is 0 Å². The summed E-state index contributed by atoms with van der Waals surface area (Å²) in [5.41, 5.74) is 0.402. The molecule has 1 aromatic heterocycles. The SMILES string of the molecule is CN1CCCCC1COc1ccnc(C#N)c1. The first-order valence-corrected chi connectivity index (χ1v) is 5.99. The fraction of sp³-hybridized carbons (Fsp3) is 0.538. The fourth-order valence-electron chi connectivity index (χ4n) is 2.11. The third-order valence-corrected chi connectivity index (χ3v) is 3.21. The molecule has 1 atom stereocenters. The molecule has 0 spiro atoms. The predicted molar refractivity (Wildman–Crippen MR) is 64.7 cm³/mol. The predicted octanol–water partition coefficient (Wildman–Crippen LogP) is 1.82. The standard InChI is InChI=1S/C13H17N3O/c1-16-7-3-2-4-12(16)10-17-13-5-6-15-11(8-13)9-14/h5-6,8,12H,2-4,7,10H2,1H3. The zero-order valence-electron chi connectivity index (χ0n) is 10.1. The van der Waals surface area contributed by atoms with E-state index in [1.54, 1.807) is 18.3 Å². The lowest BCUT2D eigenvalue weighted by molar-refractivity contribution is 0.125. The number of pyridine rings is 1. The second-order valence-electron chi connectivity index (χ2n) is 4.43. The Bertz CT molecular complexity index is 413. The average molecular weight is 231 g/mol. The minimum Gasteiger partial charge on any atom is -0.492 e. The summed E-state index contributed by atoms with van der Waals surface area (Å²) in [6.45, 7) is 1.83. The number of nitrogens with zero attached hydrogens (tertiary/aromatic N) is 3. The fourth-order valence-corrected chi connectivity index (χ4v) is 2.11. The van der Waals surface area contributed by atoms with Crippen LogP contribution in [0.1, 0.15) is 25.0 Å². The van der Waals surface area contributed by atoms with Crippen LogP contribution in [0.25, 0.3) is 0 Å². The highest BCUT2D eigenvalue weighted by molar-refractivity contribution is 5.29. The molecule has 0 amide bonds. The molecule has 0 N–H and O–H groups in total. The molecular formula is C13H17N3O. The van der Waals surface area contributed by atoms with E-state index in [1.165, 1.54) is 19.3 Å². The van der Waals surface area contributed by atoms with Gasteiger partial charge < -0.3 is 9.64 Å². The summed E-state index contributed by atoms with van der Waals surface area (Å²) in [7, 11) is 2.14. The highest BCUT2D eigenvalue weighted by atomic mass is 16.5. The van der Waals surface area contributed by atoms with Crippen LogP contribution in [0.15, 0.2) is 18.3 Å². The van der Waals surface area contributed by atoms with Crippen molar-refractivity contribution in [3.8, 4) is 11.8 Å². The van der Waals surface area contributed by atoms with Gasteiger partial charge in [-0.2, -0.15) is 5.26 Å². The van der Waals surface area contributed by atoms with Gasteiger partial charge in [0.1, 0.15) is 24.1 Å². The number of likely N-dealkylation sites (tertiary alicyclic amines) is 1. The van der Waals surface area contributed by atoms with Crippen molar-refractivity contribution in [1.82, 2.24) is 9.88 Å². The second kappa shape index (κ2) is 5.65. The Morgan fingerprint density at radius 2 is 2.47 bits per heavy atom. The van der Waals surface area contributed by atoms with Crippen LogP contribution in [-0.4, -0.2) is 36.1 Å². The summed E-state index contributed by atoms with van der Waals surface area (Å²) in [5.74, 6) is 0.732. The molecule has 0 radical (unpaired) electrons. The summed E-state index contributed by atoms with van der Waals surface area (Å²) in [5, 5.41) is 8.74. The van der Waals surface area contributed by atoms with Gasteiger partial charge in [0.05, 0.1) is 0 Å². The maximum Gasteiger partial charge on any atom is 0.144 e. The van der Waals surface area contributed by atoms with Crippen LogP contribution in [-0.2, 0) is 0 Å². The number of ether oxygens (including phenoxy) is 1. The van der Waals surface area contributed by atoms with Gasteiger partial charge in [0.15, 0.2) is 0 Å². The Morgan fingerprint density at radius 3 is 3.24 bits per heavy atom. The average Bonchev–Trinajstić information content (AvgIpc) is 2.38. The molecule has 2 rings (SSSR count). The molecule has 1 fully saturated rings. The third kappa shape index (κ3) is 3.18. The lowest BCUT2D eigenvalue weighted by atomic mass is 10.0. The maximum atomic E-state index is 8.74. The molecular weight excluding hydrogens is 214 g/mol. The van der Waals surface area contributed by atoms with E-state index in [9.17, 15) is 0 Å². The normalized spacial score (nSPS) is 20.8. The van der Waals surface area contributed by atoms with Crippen molar-refractivity contribution in [3.05, 3.63) is 24.0 Å². The molecule has 90 valence electrons. The largest absolute Gasteiger partial charge is 0.492 e. The molecule has 4 heteroatoms. The molecule has 1 saturated heterocycles. The molecule has 1 aromatic rings. The van der Waals surface area contributed by atoms with E-state index in [2.05, 4.69) is 16.9 Å². The Balaban J connectivity index is 1.90. The van der Waals surface area contributed by atoms with Gasteiger partial charge in [-0.25, -0.2) is 4.98 Å². The Kier molecular flexibility index (Phi) is 3.94. The maximum absolute atomic E-state index is 8.74. The number of nitriles is 1. The van der Waals surface area contributed by atoms with Crippen LogP contribution in [0.5, 0.6) is 5.75 Å². The molecule has 0 aromatic carbocycles. The minimum absolute atomic E-state index is 0.402. The third-order valence-electron chi connectivity index (χ3n) is 3.21. The molecule has 1 aliphatic heterocycles. The first kappa shape index (κ1) is 11.9. The molecule has 1 unspecified atom stereocenters.